The molecule has 0 aromatic carbocycles. The van der Waals surface area contributed by atoms with Gasteiger partial charge in [-0.25, -0.2) is 0 Å². The van der Waals surface area contributed by atoms with E-state index in [1.54, 1.807) is 0 Å². The van der Waals surface area contributed by atoms with Crippen LogP contribution < -0.4 is 0 Å². The van der Waals surface area contributed by atoms with Crippen molar-refractivity contribution >= 4 is 5.78 Å². The van der Waals surface area contributed by atoms with Gasteiger partial charge in [-0.2, -0.15) is 0 Å². The van der Waals surface area contributed by atoms with Crippen molar-refractivity contribution in [1.29, 1.82) is 0 Å². The summed E-state index contributed by atoms with van der Waals surface area (Å²) in [6.07, 6.45) is 3.99. The molecule has 0 aliphatic carbocycles. The van der Waals surface area contributed by atoms with Gasteiger partial charge >= 0.3 is 0 Å². The predicted octanol–water partition coefficient (Wildman–Crippen LogP) is 2.56. The van der Waals surface area contributed by atoms with Crippen LogP contribution in [0.1, 0.15) is 46.5 Å². The van der Waals surface area contributed by atoms with Gasteiger partial charge in [-0.3, -0.25) is 4.79 Å². The number of carbonyl (C=O) groups excluding carboxylic acids is 1. The smallest absolute Gasteiger partial charge is 0.167 e. The number of hydrogen-bond acceptors (Lipinski definition) is 2. The highest BCUT2D eigenvalue weighted by molar-refractivity contribution is 5.89. The Morgan fingerprint density at radius 3 is 2.77 bits per heavy atom. The molecular weight excluding hydrogens is 164 g/mol. The first-order chi connectivity index (χ1) is 6.10. The number of ketones is 1. The first-order valence-corrected chi connectivity index (χ1v) is 5.28. The number of Topliss-reactive ketones (excluding diaryl/α,β-unsaturated/α-hetero) is 1. The van der Waals surface area contributed by atoms with Crippen molar-refractivity contribution in [3.8, 4) is 0 Å². The maximum atomic E-state index is 11.9. The Balaban J connectivity index is 2.54. The zero-order valence-corrected chi connectivity index (χ0v) is 8.93. The van der Waals surface area contributed by atoms with Crippen LogP contribution in [0.3, 0.4) is 0 Å². The molecule has 1 rings (SSSR count). The second-order valence-electron chi connectivity index (χ2n) is 4.24. The van der Waals surface area contributed by atoms with E-state index in [0.717, 1.165) is 32.3 Å². The van der Waals surface area contributed by atoms with Crippen molar-refractivity contribution in [2.75, 3.05) is 6.61 Å². The van der Waals surface area contributed by atoms with Crippen LogP contribution >= 0.6 is 0 Å². The fourth-order valence-corrected chi connectivity index (χ4v) is 2.06. The first-order valence-electron chi connectivity index (χ1n) is 5.28. The molecule has 1 heterocycles. The molecule has 0 amide bonds. The fraction of sp³-hybridized carbons (Fsp3) is 0.909. The van der Waals surface area contributed by atoms with Crippen LogP contribution in [0.2, 0.25) is 0 Å². The first kappa shape index (κ1) is 10.7. The lowest BCUT2D eigenvalue weighted by Gasteiger charge is -2.24. The van der Waals surface area contributed by atoms with Gasteiger partial charge in [-0.15, -0.1) is 0 Å². The molecule has 13 heavy (non-hydrogen) atoms. The lowest BCUT2D eigenvalue weighted by Crippen LogP contribution is -2.38. The van der Waals surface area contributed by atoms with Gasteiger partial charge in [-0.05, 0) is 26.2 Å². The van der Waals surface area contributed by atoms with Crippen LogP contribution in [-0.2, 0) is 9.53 Å². The van der Waals surface area contributed by atoms with E-state index < -0.39 is 5.60 Å². The quantitative estimate of drug-likeness (QED) is 0.671. The van der Waals surface area contributed by atoms with Gasteiger partial charge in [0, 0.05) is 12.5 Å². The van der Waals surface area contributed by atoms with Gasteiger partial charge in [0.2, 0.25) is 0 Å². The number of rotatable bonds is 4. The van der Waals surface area contributed by atoms with E-state index >= 15 is 0 Å². The van der Waals surface area contributed by atoms with Gasteiger partial charge in [0.15, 0.2) is 5.78 Å². The third kappa shape index (κ3) is 2.31. The Kier molecular flexibility index (Phi) is 3.48. The van der Waals surface area contributed by atoms with Crippen LogP contribution in [0.25, 0.3) is 0 Å². The van der Waals surface area contributed by atoms with Crippen molar-refractivity contribution < 1.29 is 9.53 Å². The largest absolute Gasteiger partial charge is 0.367 e. The van der Waals surface area contributed by atoms with E-state index in [0.29, 0.717) is 5.78 Å². The molecular formula is C11H20O2. The third-order valence-electron chi connectivity index (χ3n) is 2.91. The maximum absolute atomic E-state index is 11.9. The Hall–Kier alpha value is -0.370. The number of ether oxygens (including phenoxy) is 1. The van der Waals surface area contributed by atoms with Gasteiger partial charge < -0.3 is 4.74 Å². The van der Waals surface area contributed by atoms with Gasteiger partial charge in [0.05, 0.1) is 0 Å². The van der Waals surface area contributed by atoms with E-state index in [1.165, 1.54) is 0 Å². The van der Waals surface area contributed by atoms with Crippen LogP contribution in [0.15, 0.2) is 0 Å². The van der Waals surface area contributed by atoms with Crippen LogP contribution in [0.5, 0.6) is 0 Å². The van der Waals surface area contributed by atoms with Crippen LogP contribution in [0.4, 0.5) is 0 Å². The van der Waals surface area contributed by atoms with Crippen LogP contribution in [-0.4, -0.2) is 18.0 Å². The number of carbonyl (C=O) groups is 1. The van der Waals surface area contributed by atoms with E-state index in [2.05, 4.69) is 6.92 Å². The minimum atomic E-state index is -0.464. The molecule has 0 radical (unpaired) electrons. The zero-order chi connectivity index (χ0) is 9.90. The Morgan fingerprint density at radius 2 is 2.31 bits per heavy atom. The Labute approximate surface area is 80.7 Å². The normalized spacial score (nSPS) is 30.4. The molecule has 1 aliphatic rings. The summed E-state index contributed by atoms with van der Waals surface area (Å²) in [6.45, 7) is 6.82. The molecule has 0 N–H and O–H groups in total. The second-order valence-corrected chi connectivity index (χ2v) is 4.24. The molecule has 0 aromatic heterocycles. The monoisotopic (exact) mass is 184 g/mol. The molecule has 76 valence electrons. The third-order valence-corrected chi connectivity index (χ3v) is 2.91. The molecule has 1 aliphatic heterocycles. The summed E-state index contributed by atoms with van der Waals surface area (Å²) in [5.74, 6) is 0.458. The second kappa shape index (κ2) is 4.23. The molecule has 1 fully saturated rings. The van der Waals surface area contributed by atoms with Gasteiger partial charge in [0.25, 0.3) is 0 Å². The highest BCUT2D eigenvalue weighted by Gasteiger charge is 2.39. The molecule has 2 atom stereocenters. The lowest BCUT2D eigenvalue weighted by atomic mass is 9.87. The maximum Gasteiger partial charge on any atom is 0.167 e. The highest BCUT2D eigenvalue weighted by atomic mass is 16.5. The van der Waals surface area contributed by atoms with E-state index in [9.17, 15) is 4.79 Å². The Morgan fingerprint density at radius 1 is 1.62 bits per heavy atom. The highest BCUT2D eigenvalue weighted by Crippen LogP contribution is 2.29. The summed E-state index contributed by atoms with van der Waals surface area (Å²) in [7, 11) is 0. The molecule has 0 aromatic rings. The summed E-state index contributed by atoms with van der Waals surface area (Å²) in [6, 6.07) is 0. The van der Waals surface area contributed by atoms with Crippen molar-refractivity contribution in [2.24, 2.45) is 5.92 Å². The molecule has 0 bridgehead atoms. The average molecular weight is 184 g/mol. The molecule has 2 heteroatoms. The van der Waals surface area contributed by atoms with E-state index in [-0.39, 0.29) is 5.92 Å². The van der Waals surface area contributed by atoms with Gasteiger partial charge in [-0.1, -0.05) is 20.3 Å². The molecule has 2 nitrogen and oxygen atoms in total. The van der Waals surface area contributed by atoms with Crippen molar-refractivity contribution in [3.05, 3.63) is 0 Å². The SMILES string of the molecule is CCCC(C)C(=O)C1(C)CCCO1. The topological polar surface area (TPSA) is 26.3 Å². The minimum absolute atomic E-state index is 0.160. The summed E-state index contributed by atoms with van der Waals surface area (Å²) in [5, 5.41) is 0. The summed E-state index contributed by atoms with van der Waals surface area (Å²) in [4.78, 5) is 11.9. The molecule has 0 saturated carbocycles. The van der Waals surface area contributed by atoms with Gasteiger partial charge in [0.1, 0.15) is 5.60 Å². The van der Waals surface area contributed by atoms with E-state index in [4.69, 9.17) is 4.74 Å². The summed E-state index contributed by atoms with van der Waals surface area (Å²) in [5.41, 5.74) is -0.464. The van der Waals surface area contributed by atoms with Crippen molar-refractivity contribution in [2.45, 2.75) is 52.1 Å². The Bertz CT molecular complexity index is 181. The lowest BCUT2D eigenvalue weighted by molar-refractivity contribution is -0.141. The molecule has 0 spiro atoms. The zero-order valence-electron chi connectivity index (χ0n) is 8.93. The average Bonchev–Trinajstić information content (AvgIpc) is 2.52. The fourth-order valence-electron chi connectivity index (χ4n) is 2.06. The van der Waals surface area contributed by atoms with E-state index in [1.807, 2.05) is 13.8 Å². The molecule has 2 unspecified atom stereocenters. The standard InChI is InChI=1S/C11H20O2/c1-4-6-9(2)10(12)11(3)7-5-8-13-11/h9H,4-8H2,1-3H3. The minimum Gasteiger partial charge on any atom is -0.367 e. The number of hydrogen-bond donors (Lipinski definition) is 0. The summed E-state index contributed by atoms with van der Waals surface area (Å²) < 4.78 is 5.52. The van der Waals surface area contributed by atoms with Crippen molar-refractivity contribution in [3.63, 3.8) is 0 Å². The summed E-state index contributed by atoms with van der Waals surface area (Å²) >= 11 is 0. The molecule has 1 saturated heterocycles. The predicted molar refractivity (Wildman–Crippen MR) is 52.7 cm³/mol. The van der Waals surface area contributed by atoms with Crippen LogP contribution in [0, 0.1) is 5.92 Å². The van der Waals surface area contributed by atoms with Crippen molar-refractivity contribution in [1.82, 2.24) is 0 Å².